The summed E-state index contributed by atoms with van der Waals surface area (Å²) in [5, 5.41) is 22.2. The first-order valence-corrected chi connectivity index (χ1v) is 1.03. The van der Waals surface area contributed by atoms with Crippen LogP contribution in [0.5, 0.6) is 0 Å². The molecule has 0 aliphatic carbocycles. The van der Waals surface area contributed by atoms with Crippen molar-refractivity contribution in [1.29, 1.82) is 0 Å². The van der Waals surface area contributed by atoms with E-state index in [1.54, 1.807) is 0 Å². The standard InChI is InChI=1S/CH5NO3.CH4.ClH/c3-1-2(4)5;;/h3-5H,1H2;1H4;1H. The maximum absolute atomic E-state index is 7.57. The van der Waals surface area contributed by atoms with Gasteiger partial charge >= 0.3 is 0 Å². The summed E-state index contributed by atoms with van der Waals surface area (Å²) < 4.78 is 0. The van der Waals surface area contributed by atoms with Crippen LogP contribution >= 0.6 is 12.4 Å². The van der Waals surface area contributed by atoms with E-state index in [0.29, 0.717) is 0 Å². The molecule has 0 atom stereocenters. The maximum atomic E-state index is 7.57. The molecule has 0 aromatic carbocycles. The highest BCUT2D eigenvalue weighted by atomic mass is 35.5. The fourth-order valence-electron chi connectivity index (χ4n) is 0. The predicted octanol–water partition coefficient (Wildman–Crippen LogP) is 0.0745. The lowest BCUT2D eigenvalue weighted by Gasteiger charge is -1.94. The molecule has 0 amide bonds. The van der Waals surface area contributed by atoms with Gasteiger partial charge in [-0.25, -0.2) is 0 Å². The molecule has 0 heterocycles. The molecular formula is C2H10ClNO3. The molecular weight excluding hydrogens is 121 g/mol. The van der Waals surface area contributed by atoms with E-state index in [9.17, 15) is 0 Å². The third-order valence-electron chi connectivity index (χ3n) is 0.126. The third kappa shape index (κ3) is 23.0. The molecule has 0 rings (SSSR count). The molecule has 0 spiro atoms. The number of hydroxylamine groups is 2. The zero-order chi connectivity index (χ0) is 4.28. The summed E-state index contributed by atoms with van der Waals surface area (Å²) in [6.07, 6.45) is 0. The first-order chi connectivity index (χ1) is 2.27. The SMILES string of the molecule is C.Cl.OCN(O)O. The van der Waals surface area contributed by atoms with Crippen molar-refractivity contribution in [3.8, 4) is 0 Å². The van der Waals surface area contributed by atoms with Gasteiger partial charge in [-0.2, -0.15) is 0 Å². The molecule has 0 fully saturated rings. The summed E-state index contributed by atoms with van der Waals surface area (Å²) in [4.78, 5) is 0. The lowest BCUT2D eigenvalue weighted by Crippen LogP contribution is -2.13. The lowest BCUT2D eigenvalue weighted by atomic mass is 11.3. The zero-order valence-corrected chi connectivity index (χ0v) is 3.72. The number of hydrogen-bond acceptors (Lipinski definition) is 4. The first-order valence-electron chi connectivity index (χ1n) is 1.03. The van der Waals surface area contributed by atoms with Gasteiger partial charge in [0.05, 0.1) is 0 Å². The van der Waals surface area contributed by atoms with E-state index < -0.39 is 6.73 Å². The second kappa shape index (κ2) is 9.46. The van der Waals surface area contributed by atoms with Crippen LogP contribution < -0.4 is 0 Å². The molecule has 0 aromatic rings. The van der Waals surface area contributed by atoms with E-state index in [0.717, 1.165) is 0 Å². The Bertz CT molecular complexity index is 26.9. The smallest absolute Gasteiger partial charge is 0.146 e. The molecule has 0 radical (unpaired) electrons. The Hall–Kier alpha value is 0.130. The van der Waals surface area contributed by atoms with E-state index in [1.165, 1.54) is 0 Å². The zero-order valence-electron chi connectivity index (χ0n) is 2.90. The Labute approximate surface area is 48.3 Å². The van der Waals surface area contributed by atoms with E-state index >= 15 is 0 Å². The van der Waals surface area contributed by atoms with Crippen molar-refractivity contribution in [2.24, 2.45) is 0 Å². The van der Waals surface area contributed by atoms with E-state index in [1.807, 2.05) is 0 Å². The topological polar surface area (TPSA) is 63.9 Å². The normalized spacial score (nSPS) is 6.86. The van der Waals surface area contributed by atoms with E-state index in [-0.39, 0.29) is 25.1 Å². The number of rotatable bonds is 1. The van der Waals surface area contributed by atoms with Gasteiger partial charge in [-0.3, -0.25) is 10.4 Å². The van der Waals surface area contributed by atoms with Gasteiger partial charge in [0.2, 0.25) is 0 Å². The molecule has 4 nitrogen and oxygen atoms in total. The van der Waals surface area contributed by atoms with Gasteiger partial charge in [0.25, 0.3) is 0 Å². The summed E-state index contributed by atoms with van der Waals surface area (Å²) in [6, 6.07) is 0. The van der Waals surface area contributed by atoms with Crippen LogP contribution in [-0.2, 0) is 0 Å². The summed E-state index contributed by atoms with van der Waals surface area (Å²) in [7, 11) is 0. The van der Waals surface area contributed by atoms with Gasteiger partial charge < -0.3 is 5.11 Å². The number of nitrogens with zero attached hydrogens (tertiary/aromatic N) is 1. The lowest BCUT2D eigenvalue weighted by molar-refractivity contribution is -0.335. The van der Waals surface area contributed by atoms with Crippen molar-refractivity contribution in [2.75, 3.05) is 6.73 Å². The number of aliphatic hydroxyl groups excluding tert-OH is 1. The Morgan fingerprint density at radius 1 is 1.29 bits per heavy atom. The fourth-order valence-corrected chi connectivity index (χ4v) is 0. The van der Waals surface area contributed by atoms with Crippen LogP contribution in [0, 0.1) is 0 Å². The second-order valence-electron chi connectivity index (χ2n) is 0.514. The van der Waals surface area contributed by atoms with Crippen molar-refractivity contribution in [3.63, 3.8) is 0 Å². The number of aliphatic hydroxyl groups is 1. The van der Waals surface area contributed by atoms with Crippen molar-refractivity contribution in [2.45, 2.75) is 7.43 Å². The molecule has 3 N–H and O–H groups in total. The van der Waals surface area contributed by atoms with Crippen LogP contribution in [0.4, 0.5) is 0 Å². The van der Waals surface area contributed by atoms with Crippen LogP contribution in [0.3, 0.4) is 0 Å². The minimum Gasteiger partial charge on any atom is -0.376 e. The minimum absolute atomic E-state index is 0. The first kappa shape index (κ1) is 15.7. The highest BCUT2D eigenvalue weighted by Crippen LogP contribution is 1.57. The molecule has 48 valence electrons. The van der Waals surface area contributed by atoms with Gasteiger partial charge in [-0.1, -0.05) is 7.43 Å². The molecule has 0 saturated heterocycles. The van der Waals surface area contributed by atoms with Crippen molar-refractivity contribution in [1.82, 2.24) is 5.23 Å². The highest BCUT2D eigenvalue weighted by Gasteiger charge is 1.78. The van der Waals surface area contributed by atoms with E-state index in [4.69, 9.17) is 15.5 Å². The molecule has 0 aliphatic rings. The monoisotopic (exact) mass is 131 g/mol. The van der Waals surface area contributed by atoms with Crippen molar-refractivity contribution < 1.29 is 15.5 Å². The number of hydrogen-bond donors (Lipinski definition) is 3. The van der Waals surface area contributed by atoms with Crippen LogP contribution in [0.15, 0.2) is 0 Å². The highest BCUT2D eigenvalue weighted by molar-refractivity contribution is 5.85. The van der Waals surface area contributed by atoms with Crippen molar-refractivity contribution >= 4 is 12.4 Å². The largest absolute Gasteiger partial charge is 0.376 e. The average molecular weight is 132 g/mol. The van der Waals surface area contributed by atoms with E-state index in [2.05, 4.69) is 0 Å². The fraction of sp³-hybridized carbons (Fsp3) is 1.00. The van der Waals surface area contributed by atoms with Crippen LogP contribution in [-0.4, -0.2) is 27.5 Å². The quantitative estimate of drug-likeness (QED) is 0.348. The Kier molecular flexibility index (Phi) is 21.2. The molecule has 0 aromatic heterocycles. The molecule has 5 heteroatoms. The summed E-state index contributed by atoms with van der Waals surface area (Å²) in [5.41, 5.74) is 0. The van der Waals surface area contributed by atoms with Gasteiger partial charge in [-0.05, 0) is 5.23 Å². The van der Waals surface area contributed by atoms with Crippen LogP contribution in [0.1, 0.15) is 7.43 Å². The van der Waals surface area contributed by atoms with Gasteiger partial charge in [0.15, 0.2) is 0 Å². The second-order valence-corrected chi connectivity index (χ2v) is 0.514. The Morgan fingerprint density at radius 3 is 1.43 bits per heavy atom. The third-order valence-corrected chi connectivity index (χ3v) is 0.126. The molecule has 0 saturated carbocycles. The van der Waals surface area contributed by atoms with Crippen LogP contribution in [0.2, 0.25) is 0 Å². The maximum Gasteiger partial charge on any atom is 0.146 e. The number of halogens is 1. The summed E-state index contributed by atoms with van der Waals surface area (Å²) >= 11 is 0. The van der Waals surface area contributed by atoms with Gasteiger partial charge in [-0.15, -0.1) is 12.4 Å². The van der Waals surface area contributed by atoms with Gasteiger partial charge in [0, 0.05) is 0 Å². The molecule has 0 bridgehead atoms. The summed E-state index contributed by atoms with van der Waals surface area (Å²) in [5.74, 6) is 0. The van der Waals surface area contributed by atoms with Crippen LogP contribution in [0.25, 0.3) is 0 Å². The summed E-state index contributed by atoms with van der Waals surface area (Å²) in [6.45, 7) is -0.750. The predicted molar refractivity (Wildman–Crippen MR) is 26.5 cm³/mol. The average Bonchev–Trinajstić information content (AvgIpc) is 1.38. The molecule has 0 aliphatic heterocycles. The van der Waals surface area contributed by atoms with Crippen molar-refractivity contribution in [3.05, 3.63) is 0 Å². The minimum atomic E-state index is -0.750. The molecule has 0 unspecified atom stereocenters. The molecule has 7 heavy (non-hydrogen) atoms. The van der Waals surface area contributed by atoms with Gasteiger partial charge in [0.1, 0.15) is 6.73 Å². The Balaban J connectivity index is -0.0000000800. The Morgan fingerprint density at radius 2 is 1.43 bits per heavy atom.